The van der Waals surface area contributed by atoms with Crippen LogP contribution >= 0.6 is 0 Å². The molecule has 0 radical (unpaired) electrons. The highest BCUT2D eigenvalue weighted by atomic mass is 19.4. The van der Waals surface area contributed by atoms with Crippen molar-refractivity contribution in [2.24, 2.45) is 5.73 Å². The van der Waals surface area contributed by atoms with Gasteiger partial charge in [-0.1, -0.05) is 0 Å². The maximum absolute atomic E-state index is 13.5. The minimum Gasteiger partial charge on any atom is -0.320 e. The lowest BCUT2D eigenvalue weighted by Gasteiger charge is -2.13. The Labute approximate surface area is 128 Å². The zero-order valence-electron chi connectivity index (χ0n) is 11.8. The quantitative estimate of drug-likeness (QED) is 0.873. The predicted octanol–water partition coefficient (Wildman–Crippen LogP) is 3.39. The van der Waals surface area contributed by atoms with Crippen LogP contribution in [0, 0.1) is 11.6 Å². The minimum atomic E-state index is -5.10. The van der Waals surface area contributed by atoms with E-state index >= 15 is 0 Å². The number of hydrogen-bond acceptors (Lipinski definition) is 2. The highest BCUT2D eigenvalue weighted by Gasteiger charge is 2.37. The summed E-state index contributed by atoms with van der Waals surface area (Å²) in [7, 11) is 0. The van der Waals surface area contributed by atoms with Crippen molar-refractivity contribution in [1.82, 2.24) is 4.57 Å². The Morgan fingerprint density at radius 1 is 1.13 bits per heavy atom. The van der Waals surface area contributed by atoms with Gasteiger partial charge in [0.25, 0.3) is 0 Å². The molecule has 0 aliphatic heterocycles. The molecular weight excluding hydrogens is 319 g/mol. The number of rotatable bonds is 4. The maximum Gasteiger partial charge on any atom is 0.422 e. The second kappa shape index (κ2) is 6.49. The summed E-state index contributed by atoms with van der Waals surface area (Å²) in [6.07, 6.45) is -2.09. The molecule has 1 atom stereocenters. The number of carbonyl (C=O) groups excluding carboxylic acids is 1. The number of aryl methyl sites for hydroxylation is 1. The molecule has 124 valence electrons. The molecule has 1 aromatic carbocycles. The topological polar surface area (TPSA) is 48.0 Å². The molecule has 1 aromatic heterocycles. The first kappa shape index (κ1) is 17.1. The van der Waals surface area contributed by atoms with Gasteiger partial charge < -0.3 is 5.73 Å². The number of alkyl halides is 3. The van der Waals surface area contributed by atoms with E-state index in [0.29, 0.717) is 12.1 Å². The summed E-state index contributed by atoms with van der Waals surface area (Å²) < 4.78 is 65.6. The molecule has 0 aliphatic rings. The molecular formula is C15H13F5N2O. The zero-order chi connectivity index (χ0) is 17.2. The van der Waals surface area contributed by atoms with Gasteiger partial charge in [-0.15, -0.1) is 0 Å². The van der Waals surface area contributed by atoms with E-state index in [9.17, 15) is 26.7 Å². The Morgan fingerprint density at radius 3 is 2.13 bits per heavy atom. The van der Waals surface area contributed by atoms with Crippen LogP contribution in [0.15, 0.2) is 36.7 Å². The van der Waals surface area contributed by atoms with Gasteiger partial charge in [0.05, 0.1) is 6.04 Å². The van der Waals surface area contributed by atoms with Gasteiger partial charge in [-0.2, -0.15) is 13.2 Å². The highest BCUT2D eigenvalue weighted by Crippen LogP contribution is 2.34. The van der Waals surface area contributed by atoms with E-state index in [-0.39, 0.29) is 18.4 Å². The van der Waals surface area contributed by atoms with E-state index < -0.39 is 35.3 Å². The number of halogens is 5. The number of nitrogens with two attached hydrogens (primary N) is 1. The SMILES string of the molecule is N[C@@H](CCc1cc(F)c(C(F)(F)F)c(F)c1)C(=O)n1cccc1. The summed E-state index contributed by atoms with van der Waals surface area (Å²) in [5.41, 5.74) is 3.77. The summed E-state index contributed by atoms with van der Waals surface area (Å²) in [6.45, 7) is 0. The average Bonchev–Trinajstić information content (AvgIpc) is 2.95. The van der Waals surface area contributed by atoms with Crippen LogP contribution < -0.4 is 5.73 Å². The molecule has 0 aliphatic carbocycles. The summed E-state index contributed by atoms with van der Waals surface area (Å²) in [4.78, 5) is 11.9. The molecule has 8 heteroatoms. The summed E-state index contributed by atoms with van der Waals surface area (Å²) >= 11 is 0. The molecule has 0 amide bonds. The van der Waals surface area contributed by atoms with Gasteiger partial charge >= 0.3 is 6.18 Å². The Bertz CT molecular complexity index is 671. The van der Waals surface area contributed by atoms with Gasteiger partial charge in [-0.05, 0) is 42.7 Å². The molecule has 3 nitrogen and oxygen atoms in total. The van der Waals surface area contributed by atoms with Gasteiger partial charge in [-0.3, -0.25) is 9.36 Å². The lowest BCUT2D eigenvalue weighted by atomic mass is 10.0. The van der Waals surface area contributed by atoms with Crippen LogP contribution in [-0.2, 0) is 12.6 Å². The molecule has 2 aromatic rings. The molecule has 23 heavy (non-hydrogen) atoms. The number of hydrogen-bond donors (Lipinski definition) is 1. The second-order valence-corrected chi connectivity index (χ2v) is 5.01. The lowest BCUT2D eigenvalue weighted by molar-refractivity contribution is -0.142. The number of aromatic nitrogens is 1. The molecule has 0 spiro atoms. The molecule has 2 rings (SSSR count). The van der Waals surface area contributed by atoms with E-state index in [1.165, 1.54) is 17.0 Å². The fourth-order valence-corrected chi connectivity index (χ4v) is 2.16. The zero-order valence-corrected chi connectivity index (χ0v) is 11.8. The van der Waals surface area contributed by atoms with Crippen LogP contribution in [-0.4, -0.2) is 16.5 Å². The Morgan fingerprint density at radius 2 is 1.65 bits per heavy atom. The van der Waals surface area contributed by atoms with Crippen LogP contribution in [0.2, 0.25) is 0 Å². The lowest BCUT2D eigenvalue weighted by Crippen LogP contribution is -2.34. The van der Waals surface area contributed by atoms with Crippen molar-refractivity contribution in [3.05, 3.63) is 59.4 Å². The fourth-order valence-electron chi connectivity index (χ4n) is 2.16. The van der Waals surface area contributed by atoms with Crippen LogP contribution in [0.5, 0.6) is 0 Å². The first-order chi connectivity index (χ1) is 10.7. The Balaban J connectivity index is 2.08. The van der Waals surface area contributed by atoms with E-state index in [0.717, 1.165) is 0 Å². The third-order valence-corrected chi connectivity index (χ3v) is 3.31. The molecule has 1 heterocycles. The monoisotopic (exact) mass is 332 g/mol. The second-order valence-electron chi connectivity index (χ2n) is 5.01. The van der Waals surface area contributed by atoms with Gasteiger partial charge in [0.15, 0.2) is 0 Å². The Hall–Kier alpha value is -2.22. The molecule has 0 bridgehead atoms. The van der Waals surface area contributed by atoms with Crippen LogP contribution in [0.25, 0.3) is 0 Å². The normalized spacial score (nSPS) is 13.1. The fraction of sp³-hybridized carbons (Fsp3) is 0.267. The van der Waals surface area contributed by atoms with Crippen molar-refractivity contribution in [2.75, 3.05) is 0 Å². The summed E-state index contributed by atoms with van der Waals surface area (Å²) in [6, 6.07) is 3.55. The third-order valence-electron chi connectivity index (χ3n) is 3.31. The smallest absolute Gasteiger partial charge is 0.320 e. The van der Waals surface area contributed by atoms with Gasteiger partial charge in [0, 0.05) is 12.4 Å². The minimum absolute atomic E-state index is 0.00348. The maximum atomic E-state index is 13.5. The third kappa shape index (κ3) is 3.95. The first-order valence-electron chi connectivity index (χ1n) is 6.68. The van der Waals surface area contributed by atoms with Gasteiger partial charge in [0.1, 0.15) is 17.2 Å². The van der Waals surface area contributed by atoms with Crippen molar-refractivity contribution in [3.63, 3.8) is 0 Å². The summed E-state index contributed by atoms with van der Waals surface area (Å²) in [5.74, 6) is -3.78. The molecule has 0 unspecified atom stereocenters. The van der Waals surface area contributed by atoms with Crippen molar-refractivity contribution >= 4 is 5.91 Å². The van der Waals surface area contributed by atoms with Crippen molar-refractivity contribution in [3.8, 4) is 0 Å². The largest absolute Gasteiger partial charge is 0.422 e. The molecule has 0 saturated heterocycles. The molecule has 0 fully saturated rings. The van der Waals surface area contributed by atoms with Crippen molar-refractivity contribution in [1.29, 1.82) is 0 Å². The van der Waals surface area contributed by atoms with Crippen molar-refractivity contribution < 1.29 is 26.7 Å². The first-order valence-corrected chi connectivity index (χ1v) is 6.68. The van der Waals surface area contributed by atoms with Gasteiger partial charge in [-0.25, -0.2) is 8.78 Å². The van der Waals surface area contributed by atoms with Gasteiger partial charge in [0.2, 0.25) is 5.91 Å². The van der Waals surface area contributed by atoms with Crippen LogP contribution in [0.4, 0.5) is 22.0 Å². The predicted molar refractivity (Wildman–Crippen MR) is 72.7 cm³/mol. The highest BCUT2D eigenvalue weighted by molar-refractivity contribution is 5.84. The Kier molecular flexibility index (Phi) is 4.84. The molecule has 0 saturated carbocycles. The van der Waals surface area contributed by atoms with Crippen molar-refractivity contribution in [2.45, 2.75) is 25.1 Å². The van der Waals surface area contributed by atoms with Crippen LogP contribution in [0.1, 0.15) is 22.3 Å². The van der Waals surface area contributed by atoms with E-state index in [1.807, 2.05) is 0 Å². The standard InChI is InChI=1S/C15H13F5N2O/c16-10-7-9(8-11(17)13(10)15(18,19)20)3-4-12(21)14(23)22-5-1-2-6-22/h1-2,5-8,12H,3-4,21H2/t12-/m0/s1. The molecule has 2 N–H and O–H groups in total. The number of benzene rings is 1. The van der Waals surface area contributed by atoms with E-state index in [2.05, 4.69) is 0 Å². The number of nitrogens with zero attached hydrogens (tertiary/aromatic N) is 1. The number of carbonyl (C=O) groups is 1. The van der Waals surface area contributed by atoms with Crippen LogP contribution in [0.3, 0.4) is 0 Å². The van der Waals surface area contributed by atoms with E-state index in [4.69, 9.17) is 5.73 Å². The van der Waals surface area contributed by atoms with E-state index in [1.54, 1.807) is 12.1 Å². The summed E-state index contributed by atoms with van der Waals surface area (Å²) in [5, 5.41) is 0. The average molecular weight is 332 g/mol.